The van der Waals surface area contributed by atoms with Crippen LogP contribution in [0.1, 0.15) is 59.4 Å². The molecule has 2 amide bonds. The molecule has 0 unspecified atom stereocenters. The van der Waals surface area contributed by atoms with E-state index < -0.39 is 17.2 Å². The zero-order chi connectivity index (χ0) is 20.8. The van der Waals surface area contributed by atoms with E-state index in [9.17, 15) is 9.59 Å². The summed E-state index contributed by atoms with van der Waals surface area (Å²) in [5, 5.41) is 5.83. The van der Waals surface area contributed by atoms with Crippen LogP contribution in [0, 0.1) is 0 Å². The van der Waals surface area contributed by atoms with Gasteiger partial charge in [-0.25, -0.2) is 4.79 Å². The molecular weight excluding hydrogens is 354 g/mol. The van der Waals surface area contributed by atoms with Crippen LogP contribution in [0.5, 0.6) is 0 Å². The van der Waals surface area contributed by atoms with E-state index in [4.69, 9.17) is 4.74 Å². The van der Waals surface area contributed by atoms with Crippen LogP contribution in [-0.4, -0.2) is 47.2 Å². The van der Waals surface area contributed by atoms with E-state index in [0.717, 1.165) is 25.9 Å². The number of hydrogen-bond acceptors (Lipinski definition) is 4. The first-order chi connectivity index (χ1) is 13.0. The summed E-state index contributed by atoms with van der Waals surface area (Å²) in [5.74, 6) is -0.0624. The Bertz CT molecular complexity index is 653. The average Bonchev–Trinajstić information content (AvgIpc) is 2.98. The van der Waals surface area contributed by atoms with Crippen LogP contribution >= 0.6 is 0 Å². The Balaban J connectivity index is 1.78. The molecule has 1 saturated heterocycles. The number of benzene rings is 1. The van der Waals surface area contributed by atoms with Gasteiger partial charge in [-0.15, -0.1) is 0 Å². The van der Waals surface area contributed by atoms with Crippen LogP contribution in [0.2, 0.25) is 0 Å². The van der Waals surface area contributed by atoms with E-state index in [-0.39, 0.29) is 12.3 Å². The number of nitrogens with zero attached hydrogens (tertiary/aromatic N) is 1. The predicted octanol–water partition coefficient (Wildman–Crippen LogP) is 3.46. The highest BCUT2D eigenvalue weighted by atomic mass is 16.6. The van der Waals surface area contributed by atoms with Gasteiger partial charge in [-0.05, 0) is 59.6 Å². The predicted molar refractivity (Wildman–Crippen MR) is 111 cm³/mol. The second-order valence-electron chi connectivity index (χ2n) is 9.24. The third kappa shape index (κ3) is 7.89. The molecule has 1 aliphatic heterocycles. The van der Waals surface area contributed by atoms with Crippen molar-refractivity contribution < 1.29 is 14.3 Å². The maximum Gasteiger partial charge on any atom is 0.408 e. The van der Waals surface area contributed by atoms with Gasteiger partial charge in [-0.1, -0.05) is 30.3 Å². The molecule has 28 heavy (non-hydrogen) atoms. The summed E-state index contributed by atoms with van der Waals surface area (Å²) in [7, 11) is 0. The summed E-state index contributed by atoms with van der Waals surface area (Å²) in [6.07, 6.45) is 1.94. The molecule has 1 aliphatic rings. The molecule has 1 atom stereocenters. The fraction of sp³-hybridized carbons (Fsp3) is 0.636. The van der Waals surface area contributed by atoms with Gasteiger partial charge in [-0.2, -0.15) is 0 Å². The average molecular weight is 390 g/mol. The summed E-state index contributed by atoms with van der Waals surface area (Å²) in [4.78, 5) is 26.8. The smallest absolute Gasteiger partial charge is 0.408 e. The quantitative estimate of drug-likeness (QED) is 0.749. The highest BCUT2D eigenvalue weighted by Crippen LogP contribution is 2.20. The molecule has 6 nitrogen and oxygen atoms in total. The van der Waals surface area contributed by atoms with Crippen LogP contribution in [0.4, 0.5) is 4.79 Å². The molecule has 1 heterocycles. The second-order valence-corrected chi connectivity index (χ2v) is 9.24. The largest absolute Gasteiger partial charge is 0.444 e. The fourth-order valence-electron chi connectivity index (χ4n) is 3.47. The number of rotatable bonds is 7. The van der Waals surface area contributed by atoms with Gasteiger partial charge >= 0.3 is 6.09 Å². The van der Waals surface area contributed by atoms with E-state index in [0.29, 0.717) is 12.6 Å². The van der Waals surface area contributed by atoms with Crippen LogP contribution in [0.25, 0.3) is 0 Å². The van der Waals surface area contributed by atoms with E-state index in [1.807, 2.05) is 40.7 Å². The number of alkyl carbamates (subject to hydrolysis) is 1. The van der Waals surface area contributed by atoms with Gasteiger partial charge in [0.05, 0.1) is 0 Å². The van der Waals surface area contributed by atoms with Gasteiger partial charge in [0, 0.05) is 31.1 Å². The lowest BCUT2D eigenvalue weighted by molar-refractivity contribution is -0.122. The van der Waals surface area contributed by atoms with E-state index in [1.165, 1.54) is 5.56 Å². The Morgan fingerprint density at radius 1 is 1.14 bits per heavy atom. The SMILES string of the molecule is CC(C)(CC(=O)NC[C@@H]1CCCN1Cc1ccccc1)NC(=O)OC(C)(C)C. The maximum atomic E-state index is 12.4. The minimum Gasteiger partial charge on any atom is -0.444 e. The number of likely N-dealkylation sites (tertiary alicyclic amines) is 1. The molecule has 0 bridgehead atoms. The van der Waals surface area contributed by atoms with Gasteiger partial charge in [0.25, 0.3) is 0 Å². The molecule has 6 heteroatoms. The van der Waals surface area contributed by atoms with E-state index in [1.54, 1.807) is 0 Å². The standard InChI is InChI=1S/C22H35N3O3/c1-21(2,3)28-20(27)24-22(4,5)14-19(26)23-15-18-12-9-13-25(18)16-17-10-7-6-8-11-17/h6-8,10-11,18H,9,12-16H2,1-5H3,(H,23,26)(H,24,27)/t18-/m0/s1. The Kier molecular flexibility index (Phi) is 7.47. The maximum absolute atomic E-state index is 12.4. The molecule has 0 spiro atoms. The topological polar surface area (TPSA) is 70.7 Å². The minimum atomic E-state index is -0.675. The first kappa shape index (κ1) is 22.2. The van der Waals surface area contributed by atoms with Gasteiger partial charge in [0.1, 0.15) is 5.60 Å². The number of nitrogens with one attached hydrogen (secondary N) is 2. The lowest BCUT2D eigenvalue weighted by atomic mass is 10.0. The van der Waals surface area contributed by atoms with Crippen LogP contribution in [0.15, 0.2) is 30.3 Å². The minimum absolute atomic E-state index is 0.0624. The van der Waals surface area contributed by atoms with Crippen LogP contribution in [0.3, 0.4) is 0 Å². The van der Waals surface area contributed by atoms with Crippen molar-refractivity contribution in [2.75, 3.05) is 13.1 Å². The van der Waals surface area contributed by atoms with Gasteiger partial charge < -0.3 is 15.4 Å². The van der Waals surface area contributed by atoms with Crippen LogP contribution < -0.4 is 10.6 Å². The monoisotopic (exact) mass is 389 g/mol. The highest BCUT2D eigenvalue weighted by Gasteiger charge is 2.29. The van der Waals surface area contributed by atoms with E-state index in [2.05, 4.69) is 39.8 Å². The van der Waals surface area contributed by atoms with Gasteiger partial charge in [0.15, 0.2) is 0 Å². The molecule has 0 saturated carbocycles. The molecular formula is C22H35N3O3. The van der Waals surface area contributed by atoms with Crippen molar-refractivity contribution in [3.8, 4) is 0 Å². The van der Waals surface area contributed by atoms with Crippen molar-refractivity contribution in [2.24, 2.45) is 0 Å². The lowest BCUT2D eigenvalue weighted by Gasteiger charge is -2.29. The van der Waals surface area contributed by atoms with Crippen molar-refractivity contribution in [3.63, 3.8) is 0 Å². The zero-order valence-electron chi connectivity index (χ0n) is 17.9. The molecule has 2 rings (SSSR count). The summed E-state index contributed by atoms with van der Waals surface area (Å²) in [6, 6.07) is 10.8. The normalized spacial score (nSPS) is 18.0. The number of hydrogen-bond donors (Lipinski definition) is 2. The Hall–Kier alpha value is -2.08. The van der Waals surface area contributed by atoms with E-state index >= 15 is 0 Å². The van der Waals surface area contributed by atoms with Gasteiger partial charge in [0.2, 0.25) is 5.91 Å². The first-order valence-corrected chi connectivity index (χ1v) is 10.1. The summed E-state index contributed by atoms with van der Waals surface area (Å²) in [6.45, 7) is 11.7. The highest BCUT2D eigenvalue weighted by molar-refractivity contribution is 5.78. The molecule has 2 N–H and O–H groups in total. The molecule has 1 aromatic rings. The third-order valence-corrected chi connectivity index (χ3v) is 4.70. The van der Waals surface area contributed by atoms with Gasteiger partial charge in [-0.3, -0.25) is 9.69 Å². The molecule has 156 valence electrons. The first-order valence-electron chi connectivity index (χ1n) is 10.1. The molecule has 1 aromatic carbocycles. The number of carbonyl (C=O) groups is 2. The molecule has 0 aromatic heterocycles. The van der Waals surface area contributed by atoms with Crippen molar-refractivity contribution in [1.82, 2.24) is 15.5 Å². The zero-order valence-corrected chi connectivity index (χ0v) is 17.9. The fourth-order valence-corrected chi connectivity index (χ4v) is 3.47. The third-order valence-electron chi connectivity index (χ3n) is 4.70. The summed E-state index contributed by atoms with van der Waals surface area (Å²) in [5.41, 5.74) is 0.0577. The summed E-state index contributed by atoms with van der Waals surface area (Å²) < 4.78 is 5.28. The summed E-state index contributed by atoms with van der Waals surface area (Å²) >= 11 is 0. The lowest BCUT2D eigenvalue weighted by Crippen LogP contribution is -2.49. The van der Waals surface area contributed by atoms with Crippen molar-refractivity contribution in [1.29, 1.82) is 0 Å². The Labute approximate surface area is 169 Å². The molecule has 0 aliphatic carbocycles. The Morgan fingerprint density at radius 3 is 2.46 bits per heavy atom. The Morgan fingerprint density at radius 2 is 1.82 bits per heavy atom. The number of ether oxygens (including phenoxy) is 1. The van der Waals surface area contributed by atoms with Crippen LogP contribution in [-0.2, 0) is 16.1 Å². The second kappa shape index (κ2) is 9.41. The van der Waals surface area contributed by atoms with Crippen molar-refractivity contribution in [2.45, 2.75) is 77.6 Å². The number of amides is 2. The number of carbonyl (C=O) groups excluding carboxylic acids is 2. The molecule has 1 fully saturated rings. The molecule has 0 radical (unpaired) electrons. The van der Waals surface area contributed by atoms with Crippen molar-refractivity contribution >= 4 is 12.0 Å². The van der Waals surface area contributed by atoms with Crippen molar-refractivity contribution in [3.05, 3.63) is 35.9 Å².